The zero-order valence-corrected chi connectivity index (χ0v) is 13.4. The molecule has 0 aromatic carbocycles. The van der Waals surface area contributed by atoms with Gasteiger partial charge in [0, 0.05) is 5.54 Å². The van der Waals surface area contributed by atoms with Crippen LogP contribution in [-0.2, 0) is 14.3 Å². The molecule has 0 saturated heterocycles. The van der Waals surface area contributed by atoms with Crippen molar-refractivity contribution in [1.82, 2.24) is 10.6 Å². The van der Waals surface area contributed by atoms with E-state index in [9.17, 15) is 9.59 Å². The molecule has 0 aliphatic rings. The van der Waals surface area contributed by atoms with Crippen LogP contribution in [0, 0.1) is 5.92 Å². The number of ether oxygens (including phenoxy) is 1. The van der Waals surface area contributed by atoms with E-state index < -0.39 is 17.6 Å². The largest absolute Gasteiger partial charge is 0.467 e. The fourth-order valence-corrected chi connectivity index (χ4v) is 1.94. The van der Waals surface area contributed by atoms with Gasteiger partial charge in [-0.3, -0.25) is 10.1 Å². The van der Waals surface area contributed by atoms with Crippen LogP contribution >= 0.6 is 0 Å². The van der Waals surface area contributed by atoms with Crippen molar-refractivity contribution in [2.45, 2.75) is 65.6 Å². The molecule has 0 radical (unpaired) electrons. The SMILES string of the molecule is COC(=O)[C@@H](NC(=O)C(C)(C)NC(C)(C)C)C(C)C. The minimum atomic E-state index is -0.764. The smallest absolute Gasteiger partial charge is 0.328 e. The van der Waals surface area contributed by atoms with Gasteiger partial charge in [-0.2, -0.15) is 0 Å². The second kappa shape index (κ2) is 6.37. The molecule has 5 nitrogen and oxygen atoms in total. The van der Waals surface area contributed by atoms with E-state index in [0.717, 1.165) is 0 Å². The van der Waals surface area contributed by atoms with Gasteiger partial charge in [-0.05, 0) is 40.5 Å². The molecule has 19 heavy (non-hydrogen) atoms. The topological polar surface area (TPSA) is 67.4 Å². The Morgan fingerprint density at radius 2 is 1.53 bits per heavy atom. The van der Waals surface area contributed by atoms with Crippen molar-refractivity contribution in [3.05, 3.63) is 0 Å². The predicted octanol–water partition coefficient (Wildman–Crippen LogP) is 1.47. The lowest BCUT2D eigenvalue weighted by Crippen LogP contribution is -2.61. The summed E-state index contributed by atoms with van der Waals surface area (Å²) in [5.41, 5.74) is -0.959. The van der Waals surface area contributed by atoms with Crippen LogP contribution < -0.4 is 10.6 Å². The lowest BCUT2D eigenvalue weighted by Gasteiger charge is -2.35. The Kier molecular flexibility index (Phi) is 6.00. The van der Waals surface area contributed by atoms with Gasteiger partial charge in [0.25, 0.3) is 0 Å². The third-order valence-corrected chi connectivity index (χ3v) is 2.66. The molecule has 0 rings (SSSR count). The van der Waals surface area contributed by atoms with Gasteiger partial charge in [0.05, 0.1) is 12.6 Å². The molecule has 0 heterocycles. The van der Waals surface area contributed by atoms with Crippen LogP contribution in [0.1, 0.15) is 48.5 Å². The molecule has 112 valence electrons. The fourth-order valence-electron chi connectivity index (χ4n) is 1.94. The highest BCUT2D eigenvalue weighted by Crippen LogP contribution is 2.12. The number of amides is 1. The summed E-state index contributed by atoms with van der Waals surface area (Å²) < 4.78 is 4.71. The Bertz CT molecular complexity index is 330. The number of hydrogen-bond acceptors (Lipinski definition) is 4. The first-order valence-corrected chi connectivity index (χ1v) is 6.59. The summed E-state index contributed by atoms with van der Waals surface area (Å²) in [4.78, 5) is 23.9. The van der Waals surface area contributed by atoms with Gasteiger partial charge in [0.15, 0.2) is 0 Å². The lowest BCUT2D eigenvalue weighted by atomic mass is 9.96. The van der Waals surface area contributed by atoms with Crippen molar-refractivity contribution >= 4 is 11.9 Å². The van der Waals surface area contributed by atoms with E-state index in [-0.39, 0.29) is 17.4 Å². The van der Waals surface area contributed by atoms with Crippen molar-refractivity contribution < 1.29 is 14.3 Å². The standard InChI is InChI=1S/C14H28N2O3/c1-9(2)10(11(17)19-8)15-12(18)14(6,7)16-13(3,4)5/h9-10,16H,1-8H3,(H,15,18)/t10-/m0/s1. The van der Waals surface area contributed by atoms with E-state index in [2.05, 4.69) is 10.6 Å². The monoisotopic (exact) mass is 272 g/mol. The highest BCUT2D eigenvalue weighted by molar-refractivity contribution is 5.90. The molecule has 5 heteroatoms. The number of carbonyl (C=O) groups is 2. The Labute approximate surface area is 116 Å². The zero-order valence-electron chi connectivity index (χ0n) is 13.4. The second-order valence-electron chi connectivity index (χ2n) is 6.72. The molecule has 0 saturated carbocycles. The van der Waals surface area contributed by atoms with Crippen molar-refractivity contribution in [3.8, 4) is 0 Å². The molecule has 0 unspecified atom stereocenters. The second-order valence-corrected chi connectivity index (χ2v) is 6.72. The van der Waals surface area contributed by atoms with Gasteiger partial charge in [0.1, 0.15) is 6.04 Å². The maximum absolute atomic E-state index is 12.3. The molecule has 0 aromatic rings. The van der Waals surface area contributed by atoms with Crippen LogP contribution in [-0.4, -0.2) is 36.1 Å². The summed E-state index contributed by atoms with van der Waals surface area (Å²) >= 11 is 0. The number of methoxy groups -OCH3 is 1. The van der Waals surface area contributed by atoms with Gasteiger partial charge in [-0.15, -0.1) is 0 Å². The van der Waals surface area contributed by atoms with Crippen LogP contribution in [0.25, 0.3) is 0 Å². The summed E-state index contributed by atoms with van der Waals surface area (Å²) in [6.07, 6.45) is 0. The van der Waals surface area contributed by atoms with Crippen LogP contribution in [0.3, 0.4) is 0 Å². The molecule has 0 aliphatic carbocycles. The minimum Gasteiger partial charge on any atom is -0.467 e. The molecule has 0 bridgehead atoms. The number of esters is 1. The summed E-state index contributed by atoms with van der Waals surface area (Å²) in [6, 6.07) is -0.626. The van der Waals surface area contributed by atoms with Gasteiger partial charge in [-0.25, -0.2) is 4.79 Å². The van der Waals surface area contributed by atoms with Gasteiger partial charge in [-0.1, -0.05) is 13.8 Å². The van der Waals surface area contributed by atoms with E-state index in [0.29, 0.717) is 0 Å². The van der Waals surface area contributed by atoms with Gasteiger partial charge < -0.3 is 10.1 Å². The highest BCUT2D eigenvalue weighted by Gasteiger charge is 2.35. The van der Waals surface area contributed by atoms with Crippen molar-refractivity contribution in [2.75, 3.05) is 7.11 Å². The van der Waals surface area contributed by atoms with E-state index in [1.165, 1.54) is 7.11 Å². The van der Waals surface area contributed by atoms with Crippen molar-refractivity contribution in [1.29, 1.82) is 0 Å². The quantitative estimate of drug-likeness (QED) is 0.744. The number of nitrogens with one attached hydrogen (secondary N) is 2. The molecule has 0 aliphatic heterocycles. The summed E-state index contributed by atoms with van der Waals surface area (Å²) in [7, 11) is 1.32. The van der Waals surface area contributed by atoms with E-state index in [1.54, 1.807) is 13.8 Å². The average molecular weight is 272 g/mol. The molecule has 1 amide bonds. The van der Waals surface area contributed by atoms with E-state index in [1.807, 2.05) is 34.6 Å². The summed E-state index contributed by atoms with van der Waals surface area (Å²) in [5.74, 6) is -0.664. The average Bonchev–Trinajstić information content (AvgIpc) is 2.20. The van der Waals surface area contributed by atoms with Crippen LogP contribution in [0.15, 0.2) is 0 Å². The zero-order chi connectivity index (χ0) is 15.4. The molecular weight excluding hydrogens is 244 g/mol. The third kappa shape index (κ3) is 6.05. The third-order valence-electron chi connectivity index (χ3n) is 2.66. The molecule has 0 fully saturated rings. The first kappa shape index (κ1) is 17.9. The molecule has 0 aromatic heterocycles. The Hall–Kier alpha value is -1.10. The number of rotatable bonds is 5. The molecule has 0 spiro atoms. The Morgan fingerprint density at radius 1 is 1.05 bits per heavy atom. The fraction of sp³-hybridized carbons (Fsp3) is 0.857. The maximum Gasteiger partial charge on any atom is 0.328 e. The summed E-state index contributed by atoms with van der Waals surface area (Å²) in [6.45, 7) is 13.3. The van der Waals surface area contributed by atoms with Crippen LogP contribution in [0.2, 0.25) is 0 Å². The van der Waals surface area contributed by atoms with E-state index in [4.69, 9.17) is 4.74 Å². The van der Waals surface area contributed by atoms with Crippen molar-refractivity contribution in [3.63, 3.8) is 0 Å². The van der Waals surface area contributed by atoms with Gasteiger partial charge >= 0.3 is 5.97 Å². The van der Waals surface area contributed by atoms with E-state index >= 15 is 0 Å². The normalized spacial score (nSPS) is 14.2. The molecular formula is C14H28N2O3. The minimum absolute atomic E-state index is 0.0261. The summed E-state index contributed by atoms with van der Waals surface area (Å²) in [5, 5.41) is 5.99. The Balaban J connectivity index is 4.86. The predicted molar refractivity (Wildman–Crippen MR) is 75.8 cm³/mol. The molecule has 1 atom stereocenters. The number of carbonyl (C=O) groups excluding carboxylic acids is 2. The lowest BCUT2D eigenvalue weighted by molar-refractivity contribution is -0.147. The first-order valence-electron chi connectivity index (χ1n) is 6.59. The molecule has 2 N–H and O–H groups in total. The van der Waals surface area contributed by atoms with Crippen molar-refractivity contribution in [2.24, 2.45) is 5.92 Å². The number of hydrogen-bond donors (Lipinski definition) is 2. The van der Waals surface area contributed by atoms with Crippen LogP contribution in [0.5, 0.6) is 0 Å². The highest BCUT2D eigenvalue weighted by atomic mass is 16.5. The van der Waals surface area contributed by atoms with Crippen LogP contribution in [0.4, 0.5) is 0 Å². The first-order chi connectivity index (χ1) is 8.40. The maximum atomic E-state index is 12.3. The Morgan fingerprint density at radius 3 is 1.84 bits per heavy atom. The van der Waals surface area contributed by atoms with Gasteiger partial charge in [0.2, 0.25) is 5.91 Å².